The summed E-state index contributed by atoms with van der Waals surface area (Å²) in [4.78, 5) is 10.6. The van der Waals surface area contributed by atoms with Gasteiger partial charge in [-0.25, -0.2) is 14.4 Å². The van der Waals surface area contributed by atoms with Crippen molar-refractivity contribution in [3.63, 3.8) is 0 Å². The van der Waals surface area contributed by atoms with Crippen LogP contribution in [0, 0.1) is 17.1 Å². The van der Waals surface area contributed by atoms with Crippen molar-refractivity contribution >= 4 is 5.82 Å². The Morgan fingerprint density at radius 2 is 1.87 bits per heavy atom. The highest BCUT2D eigenvalue weighted by atomic mass is 19.1. The number of nitrogens with one attached hydrogen (secondary N) is 1. The molecule has 0 amide bonds. The van der Waals surface area contributed by atoms with E-state index in [0.29, 0.717) is 17.6 Å². The minimum atomic E-state index is -0.200. The van der Waals surface area contributed by atoms with E-state index in [0.717, 1.165) is 38.0 Å². The van der Waals surface area contributed by atoms with Crippen LogP contribution in [0.5, 0.6) is 0 Å². The molecule has 1 aliphatic heterocycles. The van der Waals surface area contributed by atoms with E-state index in [2.05, 4.69) is 26.3 Å². The van der Waals surface area contributed by atoms with Crippen molar-refractivity contribution in [3.8, 4) is 6.07 Å². The number of hydrogen-bond acceptors (Lipinski definition) is 5. The topological polar surface area (TPSA) is 64.8 Å². The Labute approximate surface area is 134 Å². The maximum Gasteiger partial charge on any atom is 0.182 e. The van der Waals surface area contributed by atoms with E-state index < -0.39 is 0 Å². The van der Waals surface area contributed by atoms with E-state index in [4.69, 9.17) is 5.26 Å². The third-order valence-corrected chi connectivity index (χ3v) is 4.05. The van der Waals surface area contributed by atoms with Crippen molar-refractivity contribution < 1.29 is 4.39 Å². The molecule has 0 unspecified atom stereocenters. The van der Waals surface area contributed by atoms with Crippen LogP contribution in [0.25, 0.3) is 0 Å². The van der Waals surface area contributed by atoms with E-state index in [9.17, 15) is 4.39 Å². The minimum absolute atomic E-state index is 0.200. The number of benzene rings is 1. The van der Waals surface area contributed by atoms with E-state index in [1.165, 1.54) is 18.3 Å². The zero-order chi connectivity index (χ0) is 16.1. The highest BCUT2D eigenvalue weighted by molar-refractivity contribution is 5.47. The van der Waals surface area contributed by atoms with Crippen molar-refractivity contribution in [2.45, 2.75) is 25.4 Å². The summed E-state index contributed by atoms with van der Waals surface area (Å²) in [5.41, 5.74) is 1.46. The molecule has 0 atom stereocenters. The Hall–Kier alpha value is -2.52. The van der Waals surface area contributed by atoms with E-state index in [1.807, 2.05) is 12.1 Å². The largest absolute Gasteiger partial charge is 0.365 e. The van der Waals surface area contributed by atoms with Crippen LogP contribution in [0.15, 0.2) is 36.7 Å². The van der Waals surface area contributed by atoms with Crippen molar-refractivity contribution in [1.82, 2.24) is 14.9 Å². The molecule has 0 spiro atoms. The summed E-state index contributed by atoms with van der Waals surface area (Å²) < 4.78 is 12.9. The Morgan fingerprint density at radius 1 is 1.17 bits per heavy atom. The Kier molecular flexibility index (Phi) is 4.79. The molecule has 1 aliphatic rings. The second kappa shape index (κ2) is 7.16. The van der Waals surface area contributed by atoms with Gasteiger partial charge in [0.25, 0.3) is 0 Å². The number of anilines is 1. The van der Waals surface area contributed by atoms with Gasteiger partial charge in [0.05, 0.1) is 0 Å². The summed E-state index contributed by atoms with van der Waals surface area (Å²) in [6.45, 7) is 2.75. The minimum Gasteiger partial charge on any atom is -0.365 e. The molecule has 0 aliphatic carbocycles. The summed E-state index contributed by atoms with van der Waals surface area (Å²) >= 11 is 0. The van der Waals surface area contributed by atoms with E-state index >= 15 is 0 Å². The molecule has 5 nitrogen and oxygen atoms in total. The summed E-state index contributed by atoms with van der Waals surface area (Å²) in [5, 5.41) is 12.4. The van der Waals surface area contributed by atoms with Gasteiger partial charge in [-0.05, 0) is 30.5 Å². The lowest BCUT2D eigenvalue weighted by molar-refractivity contribution is 0.211. The third kappa shape index (κ3) is 4.02. The number of piperidine rings is 1. The molecule has 3 rings (SSSR count). The fourth-order valence-corrected chi connectivity index (χ4v) is 2.80. The molecular weight excluding hydrogens is 293 g/mol. The Bertz CT molecular complexity index is 687. The van der Waals surface area contributed by atoms with Crippen molar-refractivity contribution in [3.05, 3.63) is 53.7 Å². The lowest BCUT2D eigenvalue weighted by Crippen LogP contribution is -2.39. The van der Waals surface area contributed by atoms with E-state index in [-0.39, 0.29) is 5.82 Å². The zero-order valence-electron chi connectivity index (χ0n) is 12.7. The maximum atomic E-state index is 12.9. The van der Waals surface area contributed by atoms with Crippen LogP contribution in [0.1, 0.15) is 24.1 Å². The van der Waals surface area contributed by atoms with E-state index in [1.54, 1.807) is 6.20 Å². The summed E-state index contributed by atoms with van der Waals surface area (Å²) in [7, 11) is 0. The predicted octanol–water partition coefficient (Wildman–Crippen LogP) is 2.56. The first-order valence-corrected chi connectivity index (χ1v) is 7.69. The van der Waals surface area contributed by atoms with Crippen molar-refractivity contribution in [2.24, 2.45) is 0 Å². The van der Waals surface area contributed by atoms with Crippen LogP contribution in [-0.4, -0.2) is 34.0 Å². The number of nitriles is 1. The van der Waals surface area contributed by atoms with Gasteiger partial charge in [-0.15, -0.1) is 0 Å². The molecule has 118 valence electrons. The van der Waals surface area contributed by atoms with Gasteiger partial charge in [0.1, 0.15) is 11.9 Å². The van der Waals surface area contributed by atoms with Gasteiger partial charge in [-0.2, -0.15) is 5.26 Å². The molecule has 1 aromatic heterocycles. The van der Waals surface area contributed by atoms with Crippen LogP contribution in [-0.2, 0) is 6.54 Å². The van der Waals surface area contributed by atoms with Crippen LogP contribution in [0.3, 0.4) is 0 Å². The fourth-order valence-electron chi connectivity index (χ4n) is 2.80. The molecule has 0 bridgehead atoms. The fraction of sp³-hybridized carbons (Fsp3) is 0.353. The van der Waals surface area contributed by atoms with Gasteiger partial charge < -0.3 is 5.32 Å². The van der Waals surface area contributed by atoms with Gasteiger partial charge in [-0.1, -0.05) is 12.1 Å². The van der Waals surface area contributed by atoms with Gasteiger partial charge in [0.2, 0.25) is 0 Å². The zero-order valence-corrected chi connectivity index (χ0v) is 12.7. The van der Waals surface area contributed by atoms with Gasteiger partial charge >= 0.3 is 0 Å². The van der Waals surface area contributed by atoms with Crippen molar-refractivity contribution in [2.75, 3.05) is 18.4 Å². The SMILES string of the molecule is N#Cc1nccnc1NC1CCN(Cc2ccc(F)cc2)CC1. The lowest BCUT2D eigenvalue weighted by atomic mass is 10.0. The summed E-state index contributed by atoms with van der Waals surface area (Å²) in [6, 6.07) is 9.01. The Morgan fingerprint density at radius 3 is 2.57 bits per heavy atom. The van der Waals surface area contributed by atoms with Crippen LogP contribution in [0.4, 0.5) is 10.2 Å². The molecule has 2 heterocycles. The normalized spacial score (nSPS) is 16.0. The third-order valence-electron chi connectivity index (χ3n) is 4.05. The molecule has 6 heteroatoms. The maximum absolute atomic E-state index is 12.9. The smallest absolute Gasteiger partial charge is 0.182 e. The first-order chi connectivity index (χ1) is 11.2. The quantitative estimate of drug-likeness (QED) is 0.940. The number of aromatic nitrogens is 2. The molecular formula is C17H18FN5. The number of hydrogen-bond donors (Lipinski definition) is 1. The summed E-state index contributed by atoms with van der Waals surface area (Å²) in [5.74, 6) is 0.362. The second-order valence-electron chi connectivity index (χ2n) is 5.69. The Balaban J connectivity index is 1.52. The highest BCUT2D eigenvalue weighted by Crippen LogP contribution is 2.18. The molecule has 1 aromatic carbocycles. The number of rotatable bonds is 4. The van der Waals surface area contributed by atoms with Gasteiger partial charge in [0.15, 0.2) is 11.5 Å². The number of halogens is 1. The predicted molar refractivity (Wildman–Crippen MR) is 85.1 cm³/mol. The monoisotopic (exact) mass is 311 g/mol. The van der Waals surface area contributed by atoms with Crippen LogP contribution < -0.4 is 5.32 Å². The average Bonchev–Trinajstić information content (AvgIpc) is 2.59. The van der Waals surface area contributed by atoms with Gasteiger partial charge in [0, 0.05) is 38.1 Å². The first-order valence-electron chi connectivity index (χ1n) is 7.69. The summed E-state index contributed by atoms with van der Waals surface area (Å²) in [6.07, 6.45) is 5.06. The molecule has 1 fully saturated rings. The van der Waals surface area contributed by atoms with Crippen LogP contribution in [0.2, 0.25) is 0 Å². The molecule has 1 N–H and O–H groups in total. The molecule has 0 saturated carbocycles. The number of nitrogens with zero attached hydrogens (tertiary/aromatic N) is 4. The first kappa shape index (κ1) is 15.4. The molecule has 23 heavy (non-hydrogen) atoms. The highest BCUT2D eigenvalue weighted by Gasteiger charge is 2.20. The van der Waals surface area contributed by atoms with Crippen molar-refractivity contribution in [1.29, 1.82) is 5.26 Å². The second-order valence-corrected chi connectivity index (χ2v) is 5.69. The molecule has 1 saturated heterocycles. The standard InChI is InChI=1S/C17H18FN5/c18-14-3-1-13(2-4-14)12-23-9-5-15(6-10-23)22-17-16(11-19)20-7-8-21-17/h1-4,7-8,15H,5-6,9-10,12H2,(H,21,22). The van der Waals surface area contributed by atoms with Gasteiger partial charge in [-0.3, -0.25) is 4.90 Å². The number of likely N-dealkylation sites (tertiary alicyclic amines) is 1. The molecule has 2 aromatic rings. The van der Waals surface area contributed by atoms with Crippen LogP contribution >= 0.6 is 0 Å². The average molecular weight is 311 g/mol. The molecule has 0 radical (unpaired) electrons. The lowest BCUT2D eigenvalue weighted by Gasteiger charge is -2.32.